The van der Waals surface area contributed by atoms with Crippen molar-refractivity contribution < 1.29 is 4.79 Å². The fourth-order valence-electron chi connectivity index (χ4n) is 3.72. The van der Waals surface area contributed by atoms with Gasteiger partial charge in [0.15, 0.2) is 0 Å². The molecule has 1 amide bonds. The van der Waals surface area contributed by atoms with Crippen LogP contribution >= 0.6 is 0 Å². The van der Waals surface area contributed by atoms with Crippen molar-refractivity contribution >= 4 is 5.91 Å². The third-order valence-electron chi connectivity index (χ3n) is 4.94. The SMILES string of the molecule is Cc1ccc(C2NCC(=O)N2C2CCCC2(C)C)cc1. The van der Waals surface area contributed by atoms with Crippen LogP contribution in [-0.4, -0.2) is 23.4 Å². The normalized spacial score (nSPS) is 29.1. The molecule has 108 valence electrons. The van der Waals surface area contributed by atoms with Crippen molar-refractivity contribution in [3.8, 4) is 0 Å². The standard InChI is InChI=1S/C17H24N2O/c1-12-6-8-13(9-7-12)16-18-11-15(20)19(16)14-5-4-10-17(14,2)3/h6-9,14,16,18H,4-5,10-11H2,1-3H3. The number of nitrogens with zero attached hydrogens (tertiary/aromatic N) is 1. The quantitative estimate of drug-likeness (QED) is 0.897. The van der Waals surface area contributed by atoms with Gasteiger partial charge in [0.05, 0.1) is 6.54 Å². The molecule has 1 heterocycles. The maximum atomic E-state index is 12.4. The van der Waals surface area contributed by atoms with Crippen molar-refractivity contribution in [3.63, 3.8) is 0 Å². The molecule has 0 aromatic heterocycles. The minimum absolute atomic E-state index is 0.0467. The Hall–Kier alpha value is -1.35. The van der Waals surface area contributed by atoms with Gasteiger partial charge in [-0.3, -0.25) is 10.1 Å². The van der Waals surface area contributed by atoms with E-state index in [4.69, 9.17) is 0 Å². The highest BCUT2D eigenvalue weighted by Crippen LogP contribution is 2.43. The summed E-state index contributed by atoms with van der Waals surface area (Å²) in [5.41, 5.74) is 2.68. The number of rotatable bonds is 2. The van der Waals surface area contributed by atoms with Gasteiger partial charge >= 0.3 is 0 Å². The summed E-state index contributed by atoms with van der Waals surface area (Å²) in [4.78, 5) is 14.5. The smallest absolute Gasteiger partial charge is 0.238 e. The van der Waals surface area contributed by atoms with E-state index in [2.05, 4.69) is 55.3 Å². The Morgan fingerprint density at radius 3 is 2.55 bits per heavy atom. The van der Waals surface area contributed by atoms with Gasteiger partial charge in [0.1, 0.15) is 6.17 Å². The predicted octanol–water partition coefficient (Wildman–Crippen LogP) is 3.00. The van der Waals surface area contributed by atoms with Gasteiger partial charge in [0.2, 0.25) is 5.91 Å². The fraction of sp³-hybridized carbons (Fsp3) is 0.588. The van der Waals surface area contributed by atoms with Crippen LogP contribution in [0.15, 0.2) is 24.3 Å². The number of carbonyl (C=O) groups is 1. The monoisotopic (exact) mass is 272 g/mol. The second-order valence-electron chi connectivity index (χ2n) is 6.89. The van der Waals surface area contributed by atoms with E-state index in [1.54, 1.807) is 0 Å². The molecule has 3 rings (SSSR count). The van der Waals surface area contributed by atoms with Gasteiger partial charge in [-0.15, -0.1) is 0 Å². The zero-order chi connectivity index (χ0) is 14.3. The van der Waals surface area contributed by atoms with E-state index in [1.165, 1.54) is 24.0 Å². The zero-order valence-corrected chi connectivity index (χ0v) is 12.6. The lowest BCUT2D eigenvalue weighted by Crippen LogP contribution is -2.45. The second-order valence-corrected chi connectivity index (χ2v) is 6.89. The van der Waals surface area contributed by atoms with Crippen molar-refractivity contribution in [2.45, 2.75) is 52.2 Å². The summed E-state index contributed by atoms with van der Waals surface area (Å²) in [5.74, 6) is 0.246. The summed E-state index contributed by atoms with van der Waals surface area (Å²) in [6.45, 7) is 7.14. The molecule has 1 aromatic rings. The Morgan fingerprint density at radius 1 is 1.25 bits per heavy atom. The van der Waals surface area contributed by atoms with Crippen LogP contribution in [0, 0.1) is 12.3 Å². The van der Waals surface area contributed by atoms with Crippen molar-refractivity contribution in [3.05, 3.63) is 35.4 Å². The van der Waals surface area contributed by atoms with Gasteiger partial charge < -0.3 is 4.90 Å². The van der Waals surface area contributed by atoms with Crippen molar-refractivity contribution in [2.24, 2.45) is 5.41 Å². The largest absolute Gasteiger partial charge is 0.318 e. The molecule has 1 aliphatic heterocycles. The highest BCUT2D eigenvalue weighted by Gasteiger charge is 2.45. The maximum absolute atomic E-state index is 12.4. The van der Waals surface area contributed by atoms with Crippen LogP contribution in [0.3, 0.4) is 0 Å². The Bertz CT molecular complexity index is 506. The number of hydrogen-bond acceptors (Lipinski definition) is 2. The maximum Gasteiger partial charge on any atom is 0.238 e. The molecule has 2 unspecified atom stereocenters. The minimum Gasteiger partial charge on any atom is -0.318 e. The lowest BCUT2D eigenvalue weighted by molar-refractivity contribution is -0.132. The molecule has 2 atom stereocenters. The van der Waals surface area contributed by atoms with Crippen molar-refractivity contribution in [1.82, 2.24) is 10.2 Å². The van der Waals surface area contributed by atoms with Gasteiger partial charge in [-0.05, 0) is 30.7 Å². The highest BCUT2D eigenvalue weighted by molar-refractivity contribution is 5.81. The number of benzene rings is 1. The first-order chi connectivity index (χ1) is 9.49. The molecular formula is C17H24N2O. The highest BCUT2D eigenvalue weighted by atomic mass is 16.2. The lowest BCUT2D eigenvalue weighted by atomic mass is 9.86. The van der Waals surface area contributed by atoms with Crippen LogP contribution in [0.5, 0.6) is 0 Å². The molecule has 3 nitrogen and oxygen atoms in total. The summed E-state index contributed by atoms with van der Waals surface area (Å²) < 4.78 is 0. The lowest BCUT2D eigenvalue weighted by Gasteiger charge is -2.38. The van der Waals surface area contributed by atoms with E-state index in [-0.39, 0.29) is 17.5 Å². The molecule has 2 aliphatic rings. The molecule has 1 saturated carbocycles. The van der Waals surface area contributed by atoms with Gasteiger partial charge in [-0.1, -0.05) is 50.1 Å². The molecule has 1 aliphatic carbocycles. The Kier molecular flexibility index (Phi) is 3.33. The zero-order valence-electron chi connectivity index (χ0n) is 12.6. The van der Waals surface area contributed by atoms with E-state index in [1.807, 2.05) is 0 Å². The molecule has 1 aromatic carbocycles. The van der Waals surface area contributed by atoms with E-state index in [9.17, 15) is 4.79 Å². The van der Waals surface area contributed by atoms with Gasteiger partial charge in [0, 0.05) is 6.04 Å². The predicted molar refractivity (Wildman–Crippen MR) is 80.2 cm³/mol. The summed E-state index contributed by atoms with van der Waals surface area (Å²) in [6.07, 6.45) is 3.61. The van der Waals surface area contributed by atoms with E-state index in [0.29, 0.717) is 12.6 Å². The van der Waals surface area contributed by atoms with Gasteiger partial charge in [-0.2, -0.15) is 0 Å². The van der Waals surface area contributed by atoms with Gasteiger partial charge in [-0.25, -0.2) is 0 Å². The Balaban J connectivity index is 1.91. The molecule has 0 bridgehead atoms. The van der Waals surface area contributed by atoms with Crippen molar-refractivity contribution in [2.75, 3.05) is 6.54 Å². The van der Waals surface area contributed by atoms with Crippen LogP contribution < -0.4 is 5.32 Å². The second kappa shape index (κ2) is 4.88. The van der Waals surface area contributed by atoms with Gasteiger partial charge in [0.25, 0.3) is 0 Å². The van der Waals surface area contributed by atoms with Crippen LogP contribution in [0.25, 0.3) is 0 Å². The molecule has 0 spiro atoms. The molecule has 2 fully saturated rings. The fourth-order valence-corrected chi connectivity index (χ4v) is 3.72. The van der Waals surface area contributed by atoms with E-state index in [0.717, 1.165) is 6.42 Å². The summed E-state index contributed by atoms with van der Waals surface area (Å²) in [5, 5.41) is 3.38. The average Bonchev–Trinajstić information content (AvgIpc) is 2.93. The number of aryl methyl sites for hydroxylation is 1. The molecule has 20 heavy (non-hydrogen) atoms. The minimum atomic E-state index is 0.0467. The Labute approximate surface area is 121 Å². The average molecular weight is 272 g/mol. The molecule has 3 heteroatoms. The molecular weight excluding hydrogens is 248 g/mol. The summed E-state index contributed by atoms with van der Waals surface area (Å²) in [6, 6.07) is 8.88. The number of nitrogens with one attached hydrogen (secondary N) is 1. The number of carbonyl (C=O) groups excluding carboxylic acids is 1. The number of hydrogen-bond donors (Lipinski definition) is 1. The number of amides is 1. The molecule has 1 N–H and O–H groups in total. The third-order valence-corrected chi connectivity index (χ3v) is 4.94. The van der Waals surface area contributed by atoms with E-state index >= 15 is 0 Å². The first-order valence-electron chi connectivity index (χ1n) is 7.60. The third kappa shape index (κ3) is 2.24. The summed E-state index contributed by atoms with van der Waals surface area (Å²) >= 11 is 0. The van der Waals surface area contributed by atoms with Crippen LogP contribution in [0.2, 0.25) is 0 Å². The van der Waals surface area contributed by atoms with Crippen molar-refractivity contribution in [1.29, 1.82) is 0 Å². The van der Waals surface area contributed by atoms with Crippen LogP contribution in [0.1, 0.15) is 50.4 Å². The Morgan fingerprint density at radius 2 is 1.95 bits per heavy atom. The first kappa shape index (κ1) is 13.6. The van der Waals surface area contributed by atoms with Crippen LogP contribution in [0.4, 0.5) is 0 Å². The first-order valence-corrected chi connectivity index (χ1v) is 7.60. The van der Waals surface area contributed by atoms with Crippen LogP contribution in [-0.2, 0) is 4.79 Å². The van der Waals surface area contributed by atoms with E-state index < -0.39 is 0 Å². The molecule has 1 saturated heterocycles. The summed E-state index contributed by atoms with van der Waals surface area (Å²) in [7, 11) is 0. The molecule has 0 radical (unpaired) electrons. The topological polar surface area (TPSA) is 32.3 Å².